The van der Waals surface area contributed by atoms with Crippen LogP contribution in [0.4, 0.5) is 0 Å². The number of rotatable bonds is 1. The molecule has 0 radical (unpaired) electrons. The molecule has 0 spiro atoms. The van der Waals surface area contributed by atoms with Gasteiger partial charge in [-0.3, -0.25) is 9.11 Å². The third-order valence-electron chi connectivity index (χ3n) is 3.17. The monoisotopic (exact) mass is 187 g/mol. The van der Waals surface area contributed by atoms with Crippen LogP contribution in [0, 0.1) is 5.92 Å². The van der Waals surface area contributed by atoms with Gasteiger partial charge in [0.15, 0.2) is 0 Å². The van der Waals surface area contributed by atoms with E-state index in [0.717, 1.165) is 18.2 Å². The molecular formula is C9H17NOS. The van der Waals surface area contributed by atoms with Crippen molar-refractivity contribution in [1.29, 1.82) is 0 Å². The van der Waals surface area contributed by atoms with E-state index in [1.165, 1.54) is 13.0 Å². The zero-order chi connectivity index (χ0) is 8.72. The van der Waals surface area contributed by atoms with Crippen LogP contribution in [-0.2, 0) is 10.8 Å². The maximum Gasteiger partial charge on any atom is 0.0515 e. The van der Waals surface area contributed by atoms with Gasteiger partial charge in [0.2, 0.25) is 0 Å². The molecule has 2 nitrogen and oxygen atoms in total. The summed E-state index contributed by atoms with van der Waals surface area (Å²) in [5, 5.41) is 0.507. The number of fused-ring (bicyclic) bond motifs is 1. The van der Waals surface area contributed by atoms with Crippen LogP contribution in [-0.4, -0.2) is 39.2 Å². The Morgan fingerprint density at radius 1 is 1.42 bits per heavy atom. The molecule has 2 fully saturated rings. The molecule has 3 atom stereocenters. The molecule has 0 saturated carbocycles. The summed E-state index contributed by atoms with van der Waals surface area (Å²) in [6.45, 7) is 6.72. The fraction of sp³-hybridized carbons (Fsp3) is 1.00. The van der Waals surface area contributed by atoms with Gasteiger partial charge in [-0.15, -0.1) is 0 Å². The van der Waals surface area contributed by atoms with Gasteiger partial charge in [0.1, 0.15) is 0 Å². The second-order valence-corrected chi connectivity index (χ2v) is 5.99. The van der Waals surface area contributed by atoms with Crippen molar-refractivity contribution in [2.45, 2.75) is 31.6 Å². The molecule has 0 aromatic carbocycles. The smallest absolute Gasteiger partial charge is 0.0515 e. The number of hydrogen-bond donors (Lipinski definition) is 0. The van der Waals surface area contributed by atoms with E-state index in [4.69, 9.17) is 0 Å². The highest BCUT2D eigenvalue weighted by atomic mass is 32.2. The van der Waals surface area contributed by atoms with Gasteiger partial charge in [-0.05, 0) is 26.2 Å². The highest BCUT2D eigenvalue weighted by Gasteiger charge is 2.41. The van der Waals surface area contributed by atoms with Gasteiger partial charge in [-0.2, -0.15) is 0 Å². The average molecular weight is 187 g/mol. The Labute approximate surface area is 76.8 Å². The van der Waals surface area contributed by atoms with E-state index in [-0.39, 0.29) is 0 Å². The number of hydrogen-bond acceptors (Lipinski definition) is 2. The molecule has 2 aliphatic heterocycles. The minimum Gasteiger partial charge on any atom is -0.299 e. The van der Waals surface area contributed by atoms with Crippen molar-refractivity contribution in [3.05, 3.63) is 0 Å². The van der Waals surface area contributed by atoms with E-state index in [0.29, 0.717) is 11.3 Å². The van der Waals surface area contributed by atoms with Crippen LogP contribution < -0.4 is 0 Å². The van der Waals surface area contributed by atoms with Crippen LogP contribution in [0.1, 0.15) is 20.3 Å². The molecule has 0 aromatic rings. The molecule has 2 saturated heterocycles. The van der Waals surface area contributed by atoms with Crippen LogP contribution in [0.3, 0.4) is 0 Å². The molecule has 0 amide bonds. The molecule has 3 unspecified atom stereocenters. The molecule has 70 valence electrons. The lowest BCUT2D eigenvalue weighted by Crippen LogP contribution is -2.30. The molecule has 2 aliphatic rings. The topological polar surface area (TPSA) is 20.3 Å². The van der Waals surface area contributed by atoms with E-state index in [1.54, 1.807) is 0 Å². The van der Waals surface area contributed by atoms with Gasteiger partial charge in [0, 0.05) is 35.7 Å². The first-order chi connectivity index (χ1) is 5.68. The zero-order valence-electron chi connectivity index (χ0n) is 7.82. The molecule has 2 heterocycles. The Bertz CT molecular complexity index is 205. The normalized spacial score (nSPS) is 42.4. The summed E-state index contributed by atoms with van der Waals surface area (Å²) >= 11 is 0. The summed E-state index contributed by atoms with van der Waals surface area (Å²) in [5.41, 5.74) is 0. The van der Waals surface area contributed by atoms with E-state index < -0.39 is 10.8 Å². The van der Waals surface area contributed by atoms with Crippen molar-refractivity contribution in [2.24, 2.45) is 5.92 Å². The average Bonchev–Trinajstić information content (AvgIpc) is 2.53. The van der Waals surface area contributed by atoms with E-state index in [2.05, 4.69) is 18.7 Å². The first kappa shape index (κ1) is 8.70. The maximum atomic E-state index is 11.5. The lowest BCUT2D eigenvalue weighted by atomic mass is 10.1. The van der Waals surface area contributed by atoms with Gasteiger partial charge < -0.3 is 0 Å². The molecule has 2 rings (SSSR count). The van der Waals surface area contributed by atoms with Crippen LogP contribution in [0.15, 0.2) is 0 Å². The third kappa shape index (κ3) is 1.33. The Morgan fingerprint density at radius 3 is 2.75 bits per heavy atom. The third-order valence-corrected chi connectivity index (χ3v) is 5.01. The molecule has 0 aliphatic carbocycles. The van der Waals surface area contributed by atoms with Crippen LogP contribution in [0.2, 0.25) is 0 Å². The largest absolute Gasteiger partial charge is 0.299 e. The summed E-state index contributed by atoms with van der Waals surface area (Å²) < 4.78 is 11.5. The van der Waals surface area contributed by atoms with E-state index >= 15 is 0 Å². The van der Waals surface area contributed by atoms with Crippen molar-refractivity contribution < 1.29 is 4.21 Å². The Morgan fingerprint density at radius 2 is 2.17 bits per heavy atom. The predicted octanol–water partition coefficient (Wildman–Crippen LogP) is 0.848. The number of nitrogens with zero attached hydrogens (tertiary/aromatic N) is 1. The van der Waals surface area contributed by atoms with Crippen molar-refractivity contribution in [2.75, 3.05) is 18.8 Å². The quantitative estimate of drug-likeness (QED) is 0.606. The summed E-state index contributed by atoms with van der Waals surface area (Å²) in [7, 11) is -0.507. The predicted molar refractivity (Wildman–Crippen MR) is 51.6 cm³/mol. The molecule has 0 aromatic heterocycles. The van der Waals surface area contributed by atoms with Crippen LogP contribution >= 0.6 is 0 Å². The standard InChI is InChI=1S/C9H17NOS/c1-7(2)10-5-8-3-4-12(11)9(8)6-10/h7-9H,3-6H2,1-2H3. The minimum absolute atomic E-state index is 0.507. The molecule has 0 bridgehead atoms. The van der Waals surface area contributed by atoms with Gasteiger partial charge in [-0.25, -0.2) is 0 Å². The summed E-state index contributed by atoms with van der Waals surface area (Å²) in [6, 6.07) is 0.632. The molecule has 3 heteroatoms. The van der Waals surface area contributed by atoms with Gasteiger partial charge in [0.05, 0.1) is 5.25 Å². The van der Waals surface area contributed by atoms with Crippen LogP contribution in [0.25, 0.3) is 0 Å². The second-order valence-electron chi connectivity index (χ2n) is 4.22. The number of likely N-dealkylation sites (tertiary alicyclic amines) is 1. The van der Waals surface area contributed by atoms with Crippen molar-refractivity contribution in [3.63, 3.8) is 0 Å². The summed E-state index contributed by atoms with van der Waals surface area (Å²) in [4.78, 5) is 2.46. The highest BCUT2D eigenvalue weighted by molar-refractivity contribution is 7.86. The Balaban J connectivity index is 2.03. The minimum atomic E-state index is -0.507. The van der Waals surface area contributed by atoms with Crippen molar-refractivity contribution >= 4 is 10.8 Å². The maximum absolute atomic E-state index is 11.5. The molecule has 0 N–H and O–H groups in total. The second kappa shape index (κ2) is 3.11. The Hall–Kier alpha value is 0.110. The Kier molecular flexibility index (Phi) is 2.25. The van der Waals surface area contributed by atoms with Gasteiger partial charge >= 0.3 is 0 Å². The SMILES string of the molecule is CC(C)N1CC2CCS(=O)C2C1. The first-order valence-corrected chi connectivity index (χ1v) is 6.18. The fourth-order valence-electron chi connectivity index (χ4n) is 2.29. The van der Waals surface area contributed by atoms with E-state index in [9.17, 15) is 4.21 Å². The van der Waals surface area contributed by atoms with Gasteiger partial charge in [0.25, 0.3) is 0 Å². The lowest BCUT2D eigenvalue weighted by molar-refractivity contribution is 0.264. The lowest BCUT2D eigenvalue weighted by Gasteiger charge is -2.20. The first-order valence-electron chi connectivity index (χ1n) is 4.79. The van der Waals surface area contributed by atoms with Crippen molar-refractivity contribution in [1.82, 2.24) is 4.90 Å². The zero-order valence-corrected chi connectivity index (χ0v) is 8.64. The van der Waals surface area contributed by atoms with Crippen molar-refractivity contribution in [3.8, 4) is 0 Å². The molecular weight excluding hydrogens is 170 g/mol. The fourth-order valence-corrected chi connectivity index (χ4v) is 4.14. The highest BCUT2D eigenvalue weighted by Crippen LogP contribution is 2.31. The van der Waals surface area contributed by atoms with Gasteiger partial charge in [-0.1, -0.05) is 0 Å². The van der Waals surface area contributed by atoms with Crippen LogP contribution in [0.5, 0.6) is 0 Å². The molecule has 12 heavy (non-hydrogen) atoms. The van der Waals surface area contributed by atoms with E-state index in [1.807, 2.05) is 0 Å². The summed E-state index contributed by atoms with van der Waals surface area (Å²) in [5.74, 6) is 1.70. The summed E-state index contributed by atoms with van der Waals surface area (Å²) in [6.07, 6.45) is 1.19.